The Hall–Kier alpha value is -2.29. The number of aromatic carboxylic acids is 1. The zero-order chi connectivity index (χ0) is 11.8. The molecule has 2 rings (SSSR count). The minimum Gasteiger partial charge on any atom is -0.478 e. The lowest BCUT2D eigenvalue weighted by molar-refractivity contribution is 0.0697. The average Bonchev–Trinajstić information content (AvgIpc) is 2.32. The molecule has 0 heterocycles. The molecule has 0 saturated carbocycles. The summed E-state index contributed by atoms with van der Waals surface area (Å²) in [6, 6.07) is 17.8. The molecule has 0 bridgehead atoms. The van der Waals surface area contributed by atoms with Crippen molar-refractivity contribution in [2.24, 2.45) is 0 Å². The molecule has 0 aliphatic heterocycles. The minimum absolute atomic E-state index is 0.331. The van der Waals surface area contributed by atoms with Crippen LogP contribution in [-0.4, -0.2) is 11.1 Å². The number of hydrogen-bond acceptors (Lipinski definition) is 2. The third kappa shape index (κ3) is 4.28. The van der Waals surface area contributed by atoms with Crippen LogP contribution in [0.25, 0.3) is 0 Å². The third-order valence-electron chi connectivity index (χ3n) is 1.82. The summed E-state index contributed by atoms with van der Waals surface area (Å²) in [6.07, 6.45) is 0. The van der Waals surface area contributed by atoms with Crippen LogP contribution in [0.2, 0.25) is 0 Å². The highest BCUT2D eigenvalue weighted by Crippen LogP contribution is 1.96. The van der Waals surface area contributed by atoms with E-state index in [1.807, 2.05) is 30.3 Å². The van der Waals surface area contributed by atoms with Gasteiger partial charge in [0.05, 0.1) is 5.56 Å². The van der Waals surface area contributed by atoms with Crippen LogP contribution in [-0.2, 0) is 0 Å². The van der Waals surface area contributed by atoms with E-state index in [2.05, 4.69) is 0 Å². The fraction of sp³-hybridized carbons (Fsp3) is 0. The van der Waals surface area contributed by atoms with Gasteiger partial charge < -0.3 is 10.8 Å². The Labute approximate surface area is 94.2 Å². The Morgan fingerprint density at radius 2 is 1.31 bits per heavy atom. The maximum Gasteiger partial charge on any atom is 0.335 e. The van der Waals surface area contributed by atoms with E-state index in [0.29, 0.717) is 5.56 Å². The summed E-state index contributed by atoms with van der Waals surface area (Å²) in [5.41, 5.74) is 6.51. The Kier molecular flexibility index (Phi) is 4.60. The lowest BCUT2D eigenvalue weighted by Gasteiger charge is -1.88. The maximum atomic E-state index is 10.2. The second-order valence-electron chi connectivity index (χ2n) is 3.08. The lowest BCUT2D eigenvalue weighted by Crippen LogP contribution is -1.93. The maximum absolute atomic E-state index is 10.2. The van der Waals surface area contributed by atoms with Gasteiger partial charge in [-0.05, 0) is 24.3 Å². The number of carbonyl (C=O) groups is 1. The SMILES string of the molecule is Nc1ccccc1.O=C(O)c1ccccc1. The van der Waals surface area contributed by atoms with Gasteiger partial charge in [0.15, 0.2) is 0 Å². The van der Waals surface area contributed by atoms with Crippen molar-refractivity contribution in [1.29, 1.82) is 0 Å². The topological polar surface area (TPSA) is 63.3 Å². The van der Waals surface area contributed by atoms with Crippen molar-refractivity contribution >= 4 is 11.7 Å². The van der Waals surface area contributed by atoms with Gasteiger partial charge in [0.25, 0.3) is 0 Å². The van der Waals surface area contributed by atoms with Gasteiger partial charge in [-0.25, -0.2) is 4.79 Å². The zero-order valence-corrected chi connectivity index (χ0v) is 8.71. The molecular weight excluding hydrogens is 202 g/mol. The van der Waals surface area contributed by atoms with Crippen molar-refractivity contribution in [3.8, 4) is 0 Å². The molecule has 0 aliphatic carbocycles. The Bertz CT molecular complexity index is 426. The van der Waals surface area contributed by atoms with Gasteiger partial charge in [0.1, 0.15) is 0 Å². The smallest absolute Gasteiger partial charge is 0.335 e. The molecule has 2 aromatic rings. The van der Waals surface area contributed by atoms with E-state index in [-0.39, 0.29) is 0 Å². The number of benzene rings is 2. The van der Waals surface area contributed by atoms with Crippen molar-refractivity contribution in [2.45, 2.75) is 0 Å². The quantitative estimate of drug-likeness (QED) is 0.719. The molecule has 2 aromatic carbocycles. The second-order valence-corrected chi connectivity index (χ2v) is 3.08. The number of para-hydroxylation sites is 1. The predicted molar refractivity (Wildman–Crippen MR) is 64.3 cm³/mol. The van der Waals surface area contributed by atoms with Crippen LogP contribution >= 0.6 is 0 Å². The minimum atomic E-state index is -0.879. The summed E-state index contributed by atoms with van der Waals surface area (Å²) in [7, 11) is 0. The highest BCUT2D eigenvalue weighted by Gasteiger charge is 1.96. The van der Waals surface area contributed by atoms with Gasteiger partial charge in [-0.15, -0.1) is 0 Å². The molecule has 0 spiro atoms. The van der Waals surface area contributed by atoms with Gasteiger partial charge in [-0.1, -0.05) is 36.4 Å². The van der Waals surface area contributed by atoms with E-state index in [4.69, 9.17) is 10.8 Å². The predicted octanol–water partition coefficient (Wildman–Crippen LogP) is 2.65. The first-order valence-electron chi connectivity index (χ1n) is 4.79. The highest BCUT2D eigenvalue weighted by atomic mass is 16.4. The van der Waals surface area contributed by atoms with Crippen LogP contribution in [0, 0.1) is 0 Å². The third-order valence-corrected chi connectivity index (χ3v) is 1.82. The molecule has 0 saturated heterocycles. The van der Waals surface area contributed by atoms with Gasteiger partial charge in [0, 0.05) is 5.69 Å². The molecular formula is C13H13NO2. The number of hydrogen-bond donors (Lipinski definition) is 2. The Morgan fingerprint density at radius 3 is 1.56 bits per heavy atom. The molecule has 16 heavy (non-hydrogen) atoms. The van der Waals surface area contributed by atoms with E-state index in [9.17, 15) is 4.79 Å². The molecule has 0 atom stereocenters. The molecule has 82 valence electrons. The molecule has 3 N–H and O–H groups in total. The van der Waals surface area contributed by atoms with E-state index >= 15 is 0 Å². The fourth-order valence-electron chi connectivity index (χ4n) is 1.03. The van der Waals surface area contributed by atoms with Crippen LogP contribution in [0.4, 0.5) is 5.69 Å². The first-order chi connectivity index (χ1) is 7.70. The van der Waals surface area contributed by atoms with Crippen LogP contribution in [0.15, 0.2) is 60.7 Å². The molecule has 0 radical (unpaired) electrons. The summed E-state index contributed by atoms with van der Waals surface area (Å²) >= 11 is 0. The van der Waals surface area contributed by atoms with Crippen LogP contribution in [0.3, 0.4) is 0 Å². The van der Waals surface area contributed by atoms with Crippen molar-refractivity contribution in [2.75, 3.05) is 5.73 Å². The van der Waals surface area contributed by atoms with Gasteiger partial charge in [0.2, 0.25) is 0 Å². The molecule has 3 heteroatoms. The summed E-state index contributed by atoms with van der Waals surface area (Å²) < 4.78 is 0. The zero-order valence-electron chi connectivity index (χ0n) is 8.71. The number of nitrogen functional groups attached to an aromatic ring is 1. The largest absolute Gasteiger partial charge is 0.478 e. The summed E-state index contributed by atoms with van der Waals surface area (Å²) in [4.78, 5) is 10.2. The normalized spacial score (nSPS) is 8.75. The monoisotopic (exact) mass is 215 g/mol. The van der Waals surface area contributed by atoms with Crippen molar-refractivity contribution in [3.63, 3.8) is 0 Å². The van der Waals surface area contributed by atoms with E-state index in [0.717, 1.165) is 5.69 Å². The standard InChI is InChI=1S/C7H6O2.C6H7N/c8-7(9)6-4-2-1-3-5-6;7-6-4-2-1-3-5-6/h1-5H,(H,8,9);1-5H,7H2. The van der Waals surface area contributed by atoms with Crippen LogP contribution in [0.5, 0.6) is 0 Å². The number of anilines is 1. The van der Waals surface area contributed by atoms with E-state index in [1.54, 1.807) is 30.3 Å². The van der Waals surface area contributed by atoms with Crippen molar-refractivity contribution < 1.29 is 9.90 Å². The molecule has 0 fully saturated rings. The van der Waals surface area contributed by atoms with Gasteiger partial charge >= 0.3 is 5.97 Å². The molecule has 0 aromatic heterocycles. The van der Waals surface area contributed by atoms with E-state index < -0.39 is 5.97 Å². The highest BCUT2D eigenvalue weighted by molar-refractivity contribution is 5.87. The first-order valence-corrected chi connectivity index (χ1v) is 4.79. The number of carboxylic acid groups (broad SMARTS) is 1. The number of carboxylic acids is 1. The fourth-order valence-corrected chi connectivity index (χ4v) is 1.03. The number of nitrogens with two attached hydrogens (primary N) is 1. The lowest BCUT2D eigenvalue weighted by atomic mass is 10.2. The molecule has 0 aliphatic rings. The second kappa shape index (κ2) is 6.24. The van der Waals surface area contributed by atoms with Gasteiger partial charge in [-0.2, -0.15) is 0 Å². The molecule has 0 unspecified atom stereocenters. The number of rotatable bonds is 1. The van der Waals surface area contributed by atoms with Gasteiger partial charge in [-0.3, -0.25) is 0 Å². The Balaban J connectivity index is 0.000000165. The molecule has 0 amide bonds. The summed E-state index contributed by atoms with van der Waals surface area (Å²) in [5, 5.41) is 8.38. The van der Waals surface area contributed by atoms with Crippen molar-refractivity contribution in [1.82, 2.24) is 0 Å². The van der Waals surface area contributed by atoms with Crippen LogP contribution < -0.4 is 5.73 Å². The first kappa shape index (κ1) is 11.8. The average molecular weight is 215 g/mol. The van der Waals surface area contributed by atoms with E-state index in [1.165, 1.54) is 0 Å². The molecule has 3 nitrogen and oxygen atoms in total. The summed E-state index contributed by atoms with van der Waals surface area (Å²) in [5.74, 6) is -0.879. The van der Waals surface area contributed by atoms with Crippen molar-refractivity contribution in [3.05, 3.63) is 66.2 Å². The Morgan fingerprint density at radius 1 is 0.875 bits per heavy atom. The summed E-state index contributed by atoms with van der Waals surface area (Å²) in [6.45, 7) is 0. The van der Waals surface area contributed by atoms with Crippen LogP contribution in [0.1, 0.15) is 10.4 Å².